The van der Waals surface area contributed by atoms with Crippen LogP contribution in [0.5, 0.6) is 0 Å². The molecule has 0 amide bonds. The van der Waals surface area contributed by atoms with Crippen molar-refractivity contribution in [2.45, 2.75) is 13.1 Å². The molecule has 94 valence electrons. The molecule has 0 aliphatic heterocycles. The van der Waals surface area contributed by atoms with Crippen LogP contribution < -0.4 is 5.73 Å². The number of hydrogen-bond acceptors (Lipinski definition) is 3. The van der Waals surface area contributed by atoms with E-state index in [-0.39, 0.29) is 11.4 Å². The lowest BCUT2D eigenvalue weighted by atomic mass is 10.1. The van der Waals surface area contributed by atoms with Gasteiger partial charge in [0.2, 0.25) is 0 Å². The second-order valence-corrected chi connectivity index (χ2v) is 3.85. The smallest absolute Gasteiger partial charge is 0.397 e. The van der Waals surface area contributed by atoms with Gasteiger partial charge in [0.25, 0.3) is 0 Å². The van der Waals surface area contributed by atoms with Crippen molar-refractivity contribution in [2.75, 3.05) is 5.73 Å². The summed E-state index contributed by atoms with van der Waals surface area (Å²) in [6.45, 7) is 1.75. The summed E-state index contributed by atoms with van der Waals surface area (Å²) in [5.41, 5.74) is 5.35. The first-order chi connectivity index (χ1) is 8.38. The van der Waals surface area contributed by atoms with Crippen LogP contribution in [0.15, 0.2) is 30.6 Å². The second kappa shape index (κ2) is 4.29. The van der Waals surface area contributed by atoms with Crippen LogP contribution >= 0.6 is 0 Å². The highest BCUT2D eigenvalue weighted by atomic mass is 19.4. The Morgan fingerprint density at radius 2 is 1.83 bits per heavy atom. The molecule has 6 heteroatoms. The van der Waals surface area contributed by atoms with Gasteiger partial charge in [0.05, 0.1) is 23.1 Å². The lowest BCUT2D eigenvalue weighted by molar-refractivity contribution is -0.137. The molecule has 2 heterocycles. The van der Waals surface area contributed by atoms with E-state index in [1.807, 2.05) is 0 Å². The Kier molecular flexibility index (Phi) is 2.94. The SMILES string of the molecule is Cc1ccc(-c2ncc(N)cc2C(F)(F)F)cn1. The van der Waals surface area contributed by atoms with Crippen LogP contribution in [0.1, 0.15) is 11.3 Å². The molecule has 2 N–H and O–H groups in total. The number of aromatic nitrogens is 2. The Labute approximate surface area is 101 Å². The van der Waals surface area contributed by atoms with E-state index in [1.165, 1.54) is 12.4 Å². The third-order valence-electron chi connectivity index (χ3n) is 2.40. The largest absolute Gasteiger partial charge is 0.418 e. The van der Waals surface area contributed by atoms with E-state index in [4.69, 9.17) is 5.73 Å². The lowest BCUT2D eigenvalue weighted by Gasteiger charge is -2.12. The zero-order valence-electron chi connectivity index (χ0n) is 9.49. The van der Waals surface area contributed by atoms with Gasteiger partial charge in [-0.1, -0.05) is 0 Å². The summed E-state index contributed by atoms with van der Waals surface area (Å²) in [7, 11) is 0. The van der Waals surface area contributed by atoms with E-state index in [0.29, 0.717) is 5.56 Å². The standard InChI is InChI=1S/C12H10F3N3/c1-7-2-3-8(5-17-7)11-10(12(13,14)15)4-9(16)6-18-11/h2-6H,16H2,1H3. The quantitative estimate of drug-likeness (QED) is 0.849. The number of nitrogens with two attached hydrogens (primary N) is 1. The van der Waals surface area contributed by atoms with Gasteiger partial charge in [-0.25, -0.2) is 0 Å². The number of aryl methyl sites for hydroxylation is 1. The van der Waals surface area contributed by atoms with Crippen LogP contribution in [-0.2, 0) is 6.18 Å². The van der Waals surface area contributed by atoms with Crippen LogP contribution in [-0.4, -0.2) is 9.97 Å². The summed E-state index contributed by atoms with van der Waals surface area (Å²) in [5, 5.41) is 0. The van der Waals surface area contributed by atoms with Crippen molar-refractivity contribution in [3.05, 3.63) is 41.9 Å². The van der Waals surface area contributed by atoms with Gasteiger partial charge in [-0.3, -0.25) is 9.97 Å². The molecule has 0 aromatic carbocycles. The van der Waals surface area contributed by atoms with Gasteiger partial charge < -0.3 is 5.73 Å². The highest BCUT2D eigenvalue weighted by Crippen LogP contribution is 2.36. The molecule has 2 aromatic heterocycles. The predicted octanol–water partition coefficient (Wildman–Crippen LogP) is 3.05. The maximum absolute atomic E-state index is 12.9. The molecular formula is C12H10F3N3. The normalized spacial score (nSPS) is 11.6. The van der Waals surface area contributed by atoms with Crippen molar-refractivity contribution in [3.8, 4) is 11.3 Å². The summed E-state index contributed by atoms with van der Waals surface area (Å²) in [5.74, 6) is 0. The Morgan fingerprint density at radius 1 is 1.11 bits per heavy atom. The fraction of sp³-hybridized carbons (Fsp3) is 0.167. The predicted molar refractivity (Wildman–Crippen MR) is 61.6 cm³/mol. The van der Waals surface area contributed by atoms with Gasteiger partial charge >= 0.3 is 6.18 Å². The Balaban J connectivity index is 2.60. The summed E-state index contributed by atoms with van der Waals surface area (Å²) >= 11 is 0. The van der Waals surface area contributed by atoms with E-state index in [1.54, 1.807) is 19.1 Å². The van der Waals surface area contributed by atoms with E-state index < -0.39 is 11.7 Å². The number of nitrogens with zero attached hydrogens (tertiary/aromatic N) is 2. The van der Waals surface area contributed by atoms with Crippen LogP contribution in [0.3, 0.4) is 0 Å². The molecule has 0 atom stereocenters. The molecule has 0 aliphatic carbocycles. The van der Waals surface area contributed by atoms with Crippen molar-refractivity contribution in [3.63, 3.8) is 0 Å². The first-order valence-electron chi connectivity index (χ1n) is 5.13. The molecule has 0 radical (unpaired) electrons. The molecule has 3 nitrogen and oxygen atoms in total. The summed E-state index contributed by atoms with van der Waals surface area (Å²) in [4.78, 5) is 7.72. The number of pyridine rings is 2. The minimum absolute atomic E-state index is 0.0221. The topological polar surface area (TPSA) is 51.8 Å². The van der Waals surface area contributed by atoms with Gasteiger partial charge in [-0.05, 0) is 25.1 Å². The highest BCUT2D eigenvalue weighted by molar-refractivity contribution is 5.65. The maximum Gasteiger partial charge on any atom is 0.418 e. The molecule has 0 saturated heterocycles. The number of hydrogen-bond donors (Lipinski definition) is 1. The zero-order valence-corrected chi connectivity index (χ0v) is 9.49. The van der Waals surface area contributed by atoms with E-state index in [9.17, 15) is 13.2 Å². The summed E-state index contributed by atoms with van der Waals surface area (Å²) in [6.07, 6.45) is -1.93. The fourth-order valence-electron chi connectivity index (χ4n) is 1.53. The molecule has 2 rings (SSSR count). The van der Waals surface area contributed by atoms with Gasteiger partial charge in [0.15, 0.2) is 0 Å². The Hall–Kier alpha value is -2.11. The van der Waals surface area contributed by atoms with Crippen LogP contribution in [0.4, 0.5) is 18.9 Å². The van der Waals surface area contributed by atoms with Crippen LogP contribution in [0.25, 0.3) is 11.3 Å². The number of nitrogen functional groups attached to an aromatic ring is 1. The second-order valence-electron chi connectivity index (χ2n) is 3.85. The van der Waals surface area contributed by atoms with E-state index in [0.717, 1.165) is 11.8 Å². The van der Waals surface area contributed by atoms with Crippen molar-refractivity contribution >= 4 is 5.69 Å². The number of anilines is 1. The first-order valence-corrected chi connectivity index (χ1v) is 5.13. The Morgan fingerprint density at radius 3 is 2.39 bits per heavy atom. The van der Waals surface area contributed by atoms with Crippen molar-refractivity contribution in [1.29, 1.82) is 0 Å². The molecule has 0 unspecified atom stereocenters. The lowest BCUT2D eigenvalue weighted by Crippen LogP contribution is -2.09. The third kappa shape index (κ3) is 2.42. The van der Waals surface area contributed by atoms with Crippen molar-refractivity contribution in [1.82, 2.24) is 9.97 Å². The van der Waals surface area contributed by atoms with E-state index >= 15 is 0 Å². The van der Waals surface area contributed by atoms with Crippen LogP contribution in [0.2, 0.25) is 0 Å². The average Bonchev–Trinajstić information content (AvgIpc) is 2.29. The average molecular weight is 253 g/mol. The molecule has 0 bridgehead atoms. The number of alkyl halides is 3. The first kappa shape index (κ1) is 12.3. The summed E-state index contributed by atoms with van der Waals surface area (Å²) < 4.78 is 38.6. The van der Waals surface area contributed by atoms with Crippen LogP contribution in [0, 0.1) is 6.92 Å². The minimum atomic E-state index is -4.50. The van der Waals surface area contributed by atoms with Gasteiger partial charge in [0, 0.05) is 17.5 Å². The molecular weight excluding hydrogens is 243 g/mol. The maximum atomic E-state index is 12.9. The zero-order chi connectivity index (χ0) is 13.3. The molecule has 0 spiro atoms. The molecule has 0 aliphatic rings. The molecule has 0 fully saturated rings. The Bertz CT molecular complexity index is 562. The summed E-state index contributed by atoms with van der Waals surface area (Å²) in [6, 6.07) is 4.06. The minimum Gasteiger partial charge on any atom is -0.397 e. The van der Waals surface area contributed by atoms with Gasteiger partial charge in [0.1, 0.15) is 0 Å². The fourth-order valence-corrected chi connectivity index (χ4v) is 1.53. The van der Waals surface area contributed by atoms with Gasteiger partial charge in [-0.2, -0.15) is 13.2 Å². The molecule has 18 heavy (non-hydrogen) atoms. The molecule has 2 aromatic rings. The third-order valence-corrected chi connectivity index (χ3v) is 2.40. The van der Waals surface area contributed by atoms with Gasteiger partial charge in [-0.15, -0.1) is 0 Å². The van der Waals surface area contributed by atoms with Crippen molar-refractivity contribution in [2.24, 2.45) is 0 Å². The highest BCUT2D eigenvalue weighted by Gasteiger charge is 2.34. The number of halogens is 3. The number of rotatable bonds is 1. The monoisotopic (exact) mass is 253 g/mol. The van der Waals surface area contributed by atoms with Crippen molar-refractivity contribution < 1.29 is 13.2 Å². The molecule has 0 saturated carbocycles. The van der Waals surface area contributed by atoms with E-state index in [2.05, 4.69) is 9.97 Å².